The zero-order valence-corrected chi connectivity index (χ0v) is 9.80. The second-order valence-corrected chi connectivity index (χ2v) is 4.15. The first kappa shape index (κ1) is 11.1. The summed E-state index contributed by atoms with van der Waals surface area (Å²) in [5.74, 6) is 0.125. The summed E-state index contributed by atoms with van der Waals surface area (Å²) < 4.78 is 0. The summed E-state index contributed by atoms with van der Waals surface area (Å²) in [6, 6.07) is 10.1. The van der Waals surface area contributed by atoms with Crippen molar-refractivity contribution in [2.45, 2.75) is 12.8 Å². The Labute approximate surface area is 100 Å². The van der Waals surface area contributed by atoms with E-state index in [1.807, 2.05) is 18.2 Å². The lowest BCUT2D eigenvalue weighted by atomic mass is 10.1. The number of hydrogen-bond donors (Lipinski definition) is 1. The van der Waals surface area contributed by atoms with E-state index in [0.717, 1.165) is 6.42 Å². The van der Waals surface area contributed by atoms with E-state index in [4.69, 9.17) is 12.2 Å². The monoisotopic (exact) mass is 234 g/mol. The first-order valence-corrected chi connectivity index (χ1v) is 5.80. The van der Waals surface area contributed by atoms with E-state index in [1.54, 1.807) is 4.90 Å². The number of nitrogens with one attached hydrogen (secondary N) is 1. The van der Waals surface area contributed by atoms with E-state index >= 15 is 0 Å². The number of carbonyl (C=O) groups excluding carboxylic acids is 1. The molecule has 0 aromatic heterocycles. The minimum Gasteiger partial charge on any atom is -0.362 e. The first-order valence-electron chi connectivity index (χ1n) is 5.39. The van der Waals surface area contributed by atoms with Gasteiger partial charge in [-0.2, -0.15) is 0 Å². The van der Waals surface area contributed by atoms with Crippen LogP contribution >= 0.6 is 12.2 Å². The predicted octanol–water partition coefficient (Wildman–Crippen LogP) is 1.34. The molecular formula is C12H14N2OS. The Balaban J connectivity index is 1.94. The smallest absolute Gasteiger partial charge is 0.230 e. The number of nitrogens with zero attached hydrogens (tertiary/aromatic N) is 1. The fourth-order valence-corrected chi connectivity index (χ4v) is 2.03. The third-order valence-electron chi connectivity index (χ3n) is 2.63. The molecule has 0 spiro atoms. The number of carbonyl (C=O) groups is 1. The number of hydrogen-bond acceptors (Lipinski definition) is 2. The Morgan fingerprint density at radius 1 is 1.31 bits per heavy atom. The van der Waals surface area contributed by atoms with Gasteiger partial charge in [0.2, 0.25) is 5.91 Å². The Kier molecular flexibility index (Phi) is 3.51. The van der Waals surface area contributed by atoms with Crippen LogP contribution < -0.4 is 5.32 Å². The second-order valence-electron chi connectivity index (χ2n) is 3.76. The molecule has 16 heavy (non-hydrogen) atoms. The maximum atomic E-state index is 11.6. The molecule has 1 aliphatic rings. The third-order valence-corrected chi connectivity index (χ3v) is 2.99. The van der Waals surface area contributed by atoms with Crippen LogP contribution in [-0.2, 0) is 11.2 Å². The molecule has 1 aromatic carbocycles. The molecule has 0 saturated carbocycles. The van der Waals surface area contributed by atoms with Gasteiger partial charge in [-0.3, -0.25) is 9.69 Å². The van der Waals surface area contributed by atoms with Crippen LogP contribution in [0.3, 0.4) is 0 Å². The summed E-state index contributed by atoms with van der Waals surface area (Å²) >= 11 is 5.11. The molecule has 1 amide bonds. The Bertz CT molecular complexity index is 375. The van der Waals surface area contributed by atoms with E-state index in [2.05, 4.69) is 17.4 Å². The first-order chi connectivity index (χ1) is 7.77. The van der Waals surface area contributed by atoms with Crippen molar-refractivity contribution < 1.29 is 4.79 Å². The van der Waals surface area contributed by atoms with Gasteiger partial charge < -0.3 is 5.32 Å². The lowest BCUT2D eigenvalue weighted by Gasteiger charge is -2.28. The van der Waals surface area contributed by atoms with Crippen LogP contribution in [0.5, 0.6) is 0 Å². The lowest BCUT2D eigenvalue weighted by molar-refractivity contribution is -0.128. The van der Waals surface area contributed by atoms with Gasteiger partial charge in [0.15, 0.2) is 5.11 Å². The molecule has 1 fully saturated rings. The average Bonchev–Trinajstić information content (AvgIpc) is 2.30. The van der Waals surface area contributed by atoms with Gasteiger partial charge in [0.25, 0.3) is 0 Å². The van der Waals surface area contributed by atoms with Crippen LogP contribution in [0.1, 0.15) is 12.0 Å². The molecule has 0 bridgehead atoms. The van der Waals surface area contributed by atoms with Gasteiger partial charge >= 0.3 is 0 Å². The van der Waals surface area contributed by atoms with E-state index in [-0.39, 0.29) is 5.91 Å². The zero-order valence-electron chi connectivity index (χ0n) is 8.98. The fourth-order valence-electron chi connectivity index (χ4n) is 1.73. The lowest BCUT2D eigenvalue weighted by Crippen LogP contribution is -2.50. The fraction of sp³-hybridized carbons (Fsp3) is 0.333. The van der Waals surface area contributed by atoms with Crippen LogP contribution in [0, 0.1) is 0 Å². The molecule has 0 unspecified atom stereocenters. The summed E-state index contributed by atoms with van der Waals surface area (Å²) in [7, 11) is 0. The molecule has 1 N–H and O–H groups in total. The topological polar surface area (TPSA) is 32.3 Å². The van der Waals surface area contributed by atoms with Crippen molar-refractivity contribution in [2.75, 3.05) is 13.1 Å². The summed E-state index contributed by atoms with van der Waals surface area (Å²) in [5.41, 5.74) is 1.23. The Morgan fingerprint density at radius 2 is 2.06 bits per heavy atom. The molecule has 1 saturated heterocycles. The Morgan fingerprint density at radius 3 is 2.75 bits per heavy atom. The van der Waals surface area contributed by atoms with Gasteiger partial charge in [0, 0.05) is 19.5 Å². The molecule has 0 radical (unpaired) electrons. The van der Waals surface area contributed by atoms with Gasteiger partial charge in [-0.1, -0.05) is 30.3 Å². The normalized spacial score (nSPS) is 16.1. The quantitative estimate of drug-likeness (QED) is 0.801. The summed E-state index contributed by atoms with van der Waals surface area (Å²) in [5, 5.41) is 3.60. The zero-order chi connectivity index (χ0) is 11.4. The number of amides is 1. The van der Waals surface area contributed by atoms with Crippen molar-refractivity contribution >= 4 is 23.2 Å². The molecule has 1 heterocycles. The molecule has 0 atom stereocenters. The van der Waals surface area contributed by atoms with Crippen LogP contribution in [0.2, 0.25) is 0 Å². The molecule has 84 valence electrons. The van der Waals surface area contributed by atoms with E-state index in [9.17, 15) is 4.79 Å². The van der Waals surface area contributed by atoms with Crippen LogP contribution in [0.15, 0.2) is 30.3 Å². The highest BCUT2D eigenvalue weighted by Crippen LogP contribution is 2.05. The number of thiocarbonyl (C=S) groups is 1. The van der Waals surface area contributed by atoms with Crippen molar-refractivity contribution in [1.29, 1.82) is 0 Å². The second kappa shape index (κ2) is 5.07. The van der Waals surface area contributed by atoms with Crippen molar-refractivity contribution in [3.63, 3.8) is 0 Å². The minimum atomic E-state index is 0.125. The standard InChI is InChI=1S/C12H14N2OS/c15-11-6-8-13-12(16)14(11)9-7-10-4-2-1-3-5-10/h1-5H,6-9H2,(H,13,16). The van der Waals surface area contributed by atoms with E-state index in [0.29, 0.717) is 24.6 Å². The highest BCUT2D eigenvalue weighted by Gasteiger charge is 2.21. The summed E-state index contributed by atoms with van der Waals surface area (Å²) in [6.07, 6.45) is 1.38. The summed E-state index contributed by atoms with van der Waals surface area (Å²) in [6.45, 7) is 1.33. The van der Waals surface area contributed by atoms with Crippen LogP contribution in [0.4, 0.5) is 0 Å². The molecule has 2 rings (SSSR count). The van der Waals surface area contributed by atoms with Gasteiger partial charge in [0.1, 0.15) is 0 Å². The third kappa shape index (κ3) is 2.58. The number of benzene rings is 1. The van der Waals surface area contributed by atoms with Gasteiger partial charge in [0.05, 0.1) is 0 Å². The minimum absolute atomic E-state index is 0.125. The van der Waals surface area contributed by atoms with Crippen molar-refractivity contribution in [3.8, 4) is 0 Å². The molecule has 1 aliphatic heterocycles. The van der Waals surface area contributed by atoms with Crippen molar-refractivity contribution in [3.05, 3.63) is 35.9 Å². The number of rotatable bonds is 3. The van der Waals surface area contributed by atoms with E-state index in [1.165, 1.54) is 5.56 Å². The van der Waals surface area contributed by atoms with Crippen molar-refractivity contribution in [2.24, 2.45) is 0 Å². The molecule has 3 nitrogen and oxygen atoms in total. The SMILES string of the molecule is O=C1CCNC(=S)N1CCc1ccccc1. The predicted molar refractivity (Wildman–Crippen MR) is 67.1 cm³/mol. The van der Waals surface area contributed by atoms with Gasteiger partial charge in [-0.15, -0.1) is 0 Å². The van der Waals surface area contributed by atoms with Crippen LogP contribution in [-0.4, -0.2) is 29.0 Å². The van der Waals surface area contributed by atoms with Crippen LogP contribution in [0.25, 0.3) is 0 Å². The molecule has 4 heteroatoms. The maximum absolute atomic E-state index is 11.6. The highest BCUT2D eigenvalue weighted by atomic mass is 32.1. The molecular weight excluding hydrogens is 220 g/mol. The largest absolute Gasteiger partial charge is 0.362 e. The average molecular weight is 234 g/mol. The highest BCUT2D eigenvalue weighted by molar-refractivity contribution is 7.80. The van der Waals surface area contributed by atoms with Gasteiger partial charge in [-0.05, 0) is 24.2 Å². The molecule has 0 aliphatic carbocycles. The maximum Gasteiger partial charge on any atom is 0.230 e. The summed E-state index contributed by atoms with van der Waals surface area (Å²) in [4.78, 5) is 13.3. The van der Waals surface area contributed by atoms with Gasteiger partial charge in [-0.25, -0.2) is 0 Å². The van der Waals surface area contributed by atoms with Crippen molar-refractivity contribution in [1.82, 2.24) is 10.2 Å². The molecule has 1 aromatic rings. The van der Waals surface area contributed by atoms with E-state index < -0.39 is 0 Å². The Hall–Kier alpha value is -1.42.